The molecule has 0 aliphatic heterocycles. The lowest BCUT2D eigenvalue weighted by Gasteiger charge is -2.07. The van der Waals surface area contributed by atoms with E-state index >= 15 is 0 Å². The molecule has 0 saturated carbocycles. The molecule has 94 valence electrons. The predicted molar refractivity (Wildman–Crippen MR) is 67.1 cm³/mol. The number of carbonyl (C=O) groups excluding carboxylic acids is 1. The molecule has 1 amide bonds. The third kappa shape index (κ3) is 3.35. The van der Waals surface area contributed by atoms with Gasteiger partial charge < -0.3 is 15.0 Å². The lowest BCUT2D eigenvalue weighted by Crippen LogP contribution is -2.20. The first kappa shape index (κ1) is 12.2. The van der Waals surface area contributed by atoms with Crippen molar-refractivity contribution in [2.75, 3.05) is 6.61 Å². The zero-order valence-corrected chi connectivity index (χ0v) is 9.95. The molecule has 0 saturated heterocycles. The van der Waals surface area contributed by atoms with Gasteiger partial charge in [-0.3, -0.25) is 4.79 Å². The van der Waals surface area contributed by atoms with Crippen LogP contribution in [0.25, 0.3) is 0 Å². The van der Waals surface area contributed by atoms with Gasteiger partial charge in [-0.2, -0.15) is 0 Å². The quantitative estimate of drug-likeness (QED) is 0.825. The van der Waals surface area contributed by atoms with Crippen LogP contribution in [0.2, 0.25) is 0 Å². The van der Waals surface area contributed by atoms with Gasteiger partial charge in [0.25, 0.3) is 0 Å². The smallest absolute Gasteiger partial charge is 0.237 e. The number of nitrogens with zero attached hydrogens (tertiary/aromatic N) is 2. The van der Waals surface area contributed by atoms with Gasteiger partial charge in [-0.15, -0.1) is 0 Å². The minimum absolute atomic E-state index is 0.153. The van der Waals surface area contributed by atoms with Crippen molar-refractivity contribution in [1.82, 2.24) is 9.55 Å². The number of carbonyl (C=O) groups is 1. The van der Waals surface area contributed by atoms with E-state index in [1.165, 1.54) is 0 Å². The molecular weight excluding hydrogens is 230 g/mol. The highest BCUT2D eigenvalue weighted by Gasteiger charge is 2.05. The summed E-state index contributed by atoms with van der Waals surface area (Å²) in [5, 5.41) is 0. The Balaban J connectivity index is 1.87. The highest BCUT2D eigenvalue weighted by Crippen LogP contribution is 2.09. The molecule has 2 rings (SSSR count). The Morgan fingerprint density at radius 3 is 2.83 bits per heavy atom. The molecule has 1 aromatic carbocycles. The molecule has 1 heterocycles. The zero-order valence-electron chi connectivity index (χ0n) is 9.95. The van der Waals surface area contributed by atoms with Crippen LogP contribution < -0.4 is 10.5 Å². The maximum Gasteiger partial charge on any atom is 0.237 e. The number of benzene rings is 1. The molecule has 18 heavy (non-hydrogen) atoms. The van der Waals surface area contributed by atoms with Crippen molar-refractivity contribution < 1.29 is 9.53 Å². The van der Waals surface area contributed by atoms with Gasteiger partial charge >= 0.3 is 0 Å². The first-order valence-electron chi connectivity index (χ1n) is 5.72. The molecule has 1 aromatic heterocycles. The number of primary amides is 1. The van der Waals surface area contributed by atoms with Crippen molar-refractivity contribution in [3.05, 3.63) is 48.5 Å². The molecule has 0 aliphatic rings. The first-order chi connectivity index (χ1) is 8.75. The van der Waals surface area contributed by atoms with Crippen LogP contribution >= 0.6 is 0 Å². The monoisotopic (exact) mass is 245 g/mol. The van der Waals surface area contributed by atoms with Crippen LogP contribution in [0.15, 0.2) is 42.7 Å². The fraction of sp³-hybridized carbons (Fsp3) is 0.231. The maximum absolute atomic E-state index is 10.9. The van der Waals surface area contributed by atoms with E-state index in [-0.39, 0.29) is 12.5 Å². The minimum Gasteiger partial charge on any atom is -0.493 e. The Morgan fingerprint density at radius 1 is 1.33 bits per heavy atom. The van der Waals surface area contributed by atoms with Crippen molar-refractivity contribution in [2.45, 2.75) is 13.0 Å². The molecule has 0 atom stereocenters. The Morgan fingerprint density at radius 2 is 2.11 bits per heavy atom. The standard InChI is InChI=1S/C13H15N3O2/c14-12(17)10-16-8-7-15-13(16)6-9-18-11-4-2-1-3-5-11/h1-5,7-8H,6,9-10H2,(H2,14,17). The largest absolute Gasteiger partial charge is 0.493 e. The van der Waals surface area contributed by atoms with E-state index in [0.29, 0.717) is 13.0 Å². The van der Waals surface area contributed by atoms with Gasteiger partial charge in [0.05, 0.1) is 6.61 Å². The number of para-hydroxylation sites is 1. The van der Waals surface area contributed by atoms with Gasteiger partial charge in [0.1, 0.15) is 18.1 Å². The molecule has 0 bridgehead atoms. The topological polar surface area (TPSA) is 70.1 Å². The SMILES string of the molecule is NC(=O)Cn1ccnc1CCOc1ccccc1. The number of amides is 1. The molecule has 0 spiro atoms. The summed E-state index contributed by atoms with van der Waals surface area (Å²) >= 11 is 0. The second kappa shape index (κ2) is 5.86. The van der Waals surface area contributed by atoms with E-state index < -0.39 is 0 Å². The van der Waals surface area contributed by atoms with E-state index in [0.717, 1.165) is 11.6 Å². The van der Waals surface area contributed by atoms with E-state index in [4.69, 9.17) is 10.5 Å². The first-order valence-corrected chi connectivity index (χ1v) is 5.72. The molecular formula is C13H15N3O2. The molecule has 0 aliphatic carbocycles. The van der Waals surface area contributed by atoms with Crippen LogP contribution in [0.5, 0.6) is 5.75 Å². The van der Waals surface area contributed by atoms with Gasteiger partial charge in [0.2, 0.25) is 5.91 Å². The van der Waals surface area contributed by atoms with Crippen LogP contribution in [0.3, 0.4) is 0 Å². The Hall–Kier alpha value is -2.30. The van der Waals surface area contributed by atoms with Crippen LogP contribution in [0.4, 0.5) is 0 Å². The number of nitrogens with two attached hydrogens (primary N) is 1. The second-order valence-electron chi connectivity index (χ2n) is 3.85. The van der Waals surface area contributed by atoms with Crippen LogP contribution in [0.1, 0.15) is 5.82 Å². The summed E-state index contributed by atoms with van der Waals surface area (Å²) < 4.78 is 7.30. The third-order valence-electron chi connectivity index (χ3n) is 2.47. The van der Waals surface area contributed by atoms with Crippen molar-refractivity contribution in [2.24, 2.45) is 5.73 Å². The molecule has 5 heteroatoms. The molecule has 0 radical (unpaired) electrons. The second-order valence-corrected chi connectivity index (χ2v) is 3.85. The molecule has 0 fully saturated rings. The van der Waals surface area contributed by atoms with E-state index in [1.54, 1.807) is 17.0 Å². The normalized spacial score (nSPS) is 10.2. The summed E-state index contributed by atoms with van der Waals surface area (Å²) in [5.74, 6) is 1.24. The summed E-state index contributed by atoms with van der Waals surface area (Å²) in [4.78, 5) is 15.0. The summed E-state index contributed by atoms with van der Waals surface area (Å²) in [6, 6.07) is 9.57. The summed E-state index contributed by atoms with van der Waals surface area (Å²) in [5.41, 5.74) is 5.15. The maximum atomic E-state index is 10.9. The van der Waals surface area contributed by atoms with Gasteiger partial charge in [0, 0.05) is 18.8 Å². The third-order valence-corrected chi connectivity index (χ3v) is 2.47. The summed E-state index contributed by atoms with van der Waals surface area (Å²) in [6.45, 7) is 0.667. The number of ether oxygens (including phenoxy) is 1. The Bertz CT molecular complexity index is 508. The zero-order chi connectivity index (χ0) is 12.8. The lowest BCUT2D eigenvalue weighted by molar-refractivity contribution is -0.118. The molecule has 2 aromatic rings. The van der Waals surface area contributed by atoms with Gasteiger partial charge in [-0.25, -0.2) is 4.98 Å². The van der Waals surface area contributed by atoms with Crippen molar-refractivity contribution in [3.8, 4) is 5.75 Å². The Labute approximate surface area is 105 Å². The lowest BCUT2D eigenvalue weighted by atomic mass is 10.3. The van der Waals surface area contributed by atoms with E-state index in [1.807, 2.05) is 30.3 Å². The number of hydrogen-bond donors (Lipinski definition) is 1. The van der Waals surface area contributed by atoms with Gasteiger partial charge in [-0.05, 0) is 12.1 Å². The predicted octanol–water partition coefficient (Wildman–Crippen LogP) is 0.990. The minimum atomic E-state index is -0.377. The number of hydrogen-bond acceptors (Lipinski definition) is 3. The number of aromatic nitrogens is 2. The van der Waals surface area contributed by atoms with E-state index in [2.05, 4.69) is 4.98 Å². The fourth-order valence-corrected chi connectivity index (χ4v) is 1.66. The van der Waals surface area contributed by atoms with Crippen molar-refractivity contribution >= 4 is 5.91 Å². The molecule has 2 N–H and O–H groups in total. The Kier molecular flexibility index (Phi) is 3.96. The van der Waals surface area contributed by atoms with Gasteiger partial charge in [0.15, 0.2) is 0 Å². The van der Waals surface area contributed by atoms with Crippen molar-refractivity contribution in [1.29, 1.82) is 0 Å². The highest BCUT2D eigenvalue weighted by molar-refractivity contribution is 5.73. The van der Waals surface area contributed by atoms with Gasteiger partial charge in [-0.1, -0.05) is 18.2 Å². The average Bonchev–Trinajstić information content (AvgIpc) is 2.77. The van der Waals surface area contributed by atoms with E-state index in [9.17, 15) is 4.79 Å². The average molecular weight is 245 g/mol. The van der Waals surface area contributed by atoms with Crippen LogP contribution in [-0.4, -0.2) is 22.1 Å². The summed E-state index contributed by atoms with van der Waals surface area (Å²) in [6.07, 6.45) is 4.03. The number of rotatable bonds is 6. The highest BCUT2D eigenvalue weighted by atomic mass is 16.5. The fourth-order valence-electron chi connectivity index (χ4n) is 1.66. The molecule has 5 nitrogen and oxygen atoms in total. The number of imidazole rings is 1. The van der Waals surface area contributed by atoms with Crippen LogP contribution in [-0.2, 0) is 17.8 Å². The summed E-state index contributed by atoms with van der Waals surface area (Å²) in [7, 11) is 0. The van der Waals surface area contributed by atoms with Crippen molar-refractivity contribution in [3.63, 3.8) is 0 Å². The molecule has 0 unspecified atom stereocenters. The van der Waals surface area contributed by atoms with Crippen LogP contribution in [0, 0.1) is 0 Å².